The smallest absolute Gasteiger partial charge is 0.119 e. The molecular formula is C20H26O2. The minimum Gasteiger partial charge on any atom is -0.508 e. The zero-order valence-corrected chi connectivity index (χ0v) is 14.4. The molecule has 0 bridgehead atoms. The van der Waals surface area contributed by atoms with Crippen LogP contribution < -0.4 is 0 Å². The van der Waals surface area contributed by atoms with Crippen LogP contribution in [0.3, 0.4) is 0 Å². The van der Waals surface area contributed by atoms with Crippen LogP contribution in [0.15, 0.2) is 24.3 Å². The lowest BCUT2D eigenvalue weighted by molar-refractivity contribution is 0.464. The molecule has 0 aliphatic rings. The van der Waals surface area contributed by atoms with Crippen molar-refractivity contribution in [2.75, 3.05) is 0 Å². The first-order chi connectivity index (χ1) is 10.2. The standard InChI is InChI=1S/C20H26O2/c1-11(2)15-10-19(21)14(6)7-18(15)17-9-16(12(3)4)20(22)8-13(17)5/h7-12,21-22H,1-6H3. The molecule has 22 heavy (non-hydrogen) atoms. The lowest BCUT2D eigenvalue weighted by Gasteiger charge is -2.19. The van der Waals surface area contributed by atoms with Crippen molar-refractivity contribution in [3.8, 4) is 22.6 Å². The Labute approximate surface area is 133 Å². The number of phenols is 2. The molecule has 0 fully saturated rings. The summed E-state index contributed by atoms with van der Waals surface area (Å²) >= 11 is 0. The lowest BCUT2D eigenvalue weighted by atomic mass is 9.86. The van der Waals surface area contributed by atoms with E-state index in [9.17, 15) is 10.2 Å². The van der Waals surface area contributed by atoms with E-state index < -0.39 is 0 Å². The van der Waals surface area contributed by atoms with Gasteiger partial charge in [0, 0.05) is 0 Å². The highest BCUT2D eigenvalue weighted by atomic mass is 16.3. The summed E-state index contributed by atoms with van der Waals surface area (Å²) in [6.07, 6.45) is 0. The summed E-state index contributed by atoms with van der Waals surface area (Å²) < 4.78 is 0. The van der Waals surface area contributed by atoms with Gasteiger partial charge in [0.25, 0.3) is 0 Å². The maximum Gasteiger partial charge on any atom is 0.119 e. The van der Waals surface area contributed by atoms with Gasteiger partial charge in [-0.1, -0.05) is 27.7 Å². The first-order valence-corrected chi connectivity index (χ1v) is 7.89. The van der Waals surface area contributed by atoms with E-state index in [1.165, 1.54) is 0 Å². The summed E-state index contributed by atoms with van der Waals surface area (Å²) in [5, 5.41) is 20.2. The molecule has 0 atom stereocenters. The molecule has 2 nitrogen and oxygen atoms in total. The molecule has 0 saturated carbocycles. The number of rotatable bonds is 3. The molecule has 0 amide bonds. The van der Waals surface area contributed by atoms with Crippen molar-refractivity contribution in [2.45, 2.75) is 53.4 Å². The molecule has 2 aromatic carbocycles. The largest absolute Gasteiger partial charge is 0.508 e. The number of hydrogen-bond donors (Lipinski definition) is 2. The second-order valence-corrected chi connectivity index (χ2v) is 6.76. The van der Waals surface area contributed by atoms with Crippen LogP contribution in [0.25, 0.3) is 11.1 Å². The van der Waals surface area contributed by atoms with E-state index in [0.717, 1.165) is 33.4 Å². The van der Waals surface area contributed by atoms with E-state index in [-0.39, 0.29) is 5.92 Å². The molecule has 0 radical (unpaired) electrons. The fourth-order valence-electron chi connectivity index (χ4n) is 2.89. The first-order valence-electron chi connectivity index (χ1n) is 7.89. The number of phenolic OH excluding ortho intramolecular Hbond substituents is 2. The highest BCUT2D eigenvalue weighted by Crippen LogP contribution is 2.39. The Hall–Kier alpha value is -1.96. The molecule has 2 N–H and O–H groups in total. The summed E-state index contributed by atoms with van der Waals surface area (Å²) in [6.45, 7) is 12.4. The topological polar surface area (TPSA) is 40.5 Å². The first kappa shape index (κ1) is 16.4. The van der Waals surface area contributed by atoms with Crippen molar-refractivity contribution in [1.29, 1.82) is 0 Å². The Morgan fingerprint density at radius 3 is 1.77 bits per heavy atom. The zero-order chi connectivity index (χ0) is 16.6. The molecule has 0 saturated heterocycles. The molecule has 2 rings (SSSR count). The van der Waals surface area contributed by atoms with E-state index in [4.69, 9.17) is 0 Å². The fourth-order valence-corrected chi connectivity index (χ4v) is 2.89. The monoisotopic (exact) mass is 298 g/mol. The van der Waals surface area contributed by atoms with Crippen molar-refractivity contribution >= 4 is 0 Å². The number of benzene rings is 2. The van der Waals surface area contributed by atoms with Gasteiger partial charge in [0.2, 0.25) is 0 Å². The summed E-state index contributed by atoms with van der Waals surface area (Å²) in [4.78, 5) is 0. The van der Waals surface area contributed by atoms with E-state index in [1.807, 2.05) is 32.0 Å². The van der Waals surface area contributed by atoms with Gasteiger partial charge >= 0.3 is 0 Å². The summed E-state index contributed by atoms with van der Waals surface area (Å²) in [7, 11) is 0. The van der Waals surface area contributed by atoms with Crippen LogP contribution in [0, 0.1) is 13.8 Å². The van der Waals surface area contributed by atoms with E-state index in [1.54, 1.807) is 0 Å². The molecular weight excluding hydrogens is 272 g/mol. The molecule has 0 spiro atoms. The van der Waals surface area contributed by atoms with E-state index in [2.05, 4.69) is 33.8 Å². The predicted molar refractivity (Wildman–Crippen MR) is 92.9 cm³/mol. The van der Waals surface area contributed by atoms with Gasteiger partial charge in [0.15, 0.2) is 0 Å². The SMILES string of the molecule is Cc1cc(-c2cc(C(C)C)c(O)cc2C)c(C(C)C)cc1O. The summed E-state index contributed by atoms with van der Waals surface area (Å²) in [5.41, 5.74) is 6.29. The number of aromatic hydroxyl groups is 2. The van der Waals surface area contributed by atoms with Crippen LogP contribution in [0.2, 0.25) is 0 Å². The Bertz CT molecular complexity index is 697. The molecule has 2 heteroatoms. The van der Waals surface area contributed by atoms with Crippen molar-refractivity contribution in [2.24, 2.45) is 0 Å². The lowest BCUT2D eigenvalue weighted by Crippen LogP contribution is -1.98. The number of aryl methyl sites for hydroxylation is 2. The van der Waals surface area contributed by atoms with Gasteiger partial charge in [-0.2, -0.15) is 0 Å². The highest BCUT2D eigenvalue weighted by Gasteiger charge is 2.16. The molecule has 118 valence electrons. The van der Waals surface area contributed by atoms with E-state index in [0.29, 0.717) is 17.4 Å². The van der Waals surface area contributed by atoms with Crippen molar-refractivity contribution in [3.63, 3.8) is 0 Å². The minimum atomic E-state index is 0.264. The molecule has 0 unspecified atom stereocenters. The maximum atomic E-state index is 10.2. The average Bonchev–Trinajstić information content (AvgIpc) is 2.41. The number of hydrogen-bond acceptors (Lipinski definition) is 2. The van der Waals surface area contributed by atoms with Crippen molar-refractivity contribution in [1.82, 2.24) is 0 Å². The van der Waals surface area contributed by atoms with Gasteiger partial charge < -0.3 is 10.2 Å². The van der Waals surface area contributed by atoms with Crippen molar-refractivity contribution < 1.29 is 10.2 Å². The van der Waals surface area contributed by atoms with Gasteiger partial charge in [-0.15, -0.1) is 0 Å². The Morgan fingerprint density at radius 1 is 0.636 bits per heavy atom. The average molecular weight is 298 g/mol. The van der Waals surface area contributed by atoms with Crippen LogP contribution in [0.5, 0.6) is 11.5 Å². The Balaban J connectivity index is 2.76. The van der Waals surface area contributed by atoms with Crippen LogP contribution in [-0.4, -0.2) is 10.2 Å². The van der Waals surface area contributed by atoms with Crippen LogP contribution in [0.4, 0.5) is 0 Å². The fraction of sp³-hybridized carbons (Fsp3) is 0.400. The highest BCUT2D eigenvalue weighted by molar-refractivity contribution is 5.75. The third kappa shape index (κ3) is 2.96. The van der Waals surface area contributed by atoms with Gasteiger partial charge in [-0.25, -0.2) is 0 Å². The van der Waals surface area contributed by atoms with Gasteiger partial charge in [0.1, 0.15) is 11.5 Å². The molecule has 0 aliphatic heterocycles. The van der Waals surface area contributed by atoms with Gasteiger partial charge in [0.05, 0.1) is 0 Å². The Kier molecular flexibility index (Phi) is 4.50. The molecule has 0 aliphatic carbocycles. The van der Waals surface area contributed by atoms with Crippen LogP contribution >= 0.6 is 0 Å². The van der Waals surface area contributed by atoms with Gasteiger partial charge in [-0.05, 0) is 83.3 Å². The van der Waals surface area contributed by atoms with Crippen LogP contribution in [-0.2, 0) is 0 Å². The maximum absolute atomic E-state index is 10.2. The second kappa shape index (κ2) is 6.04. The summed E-state index contributed by atoms with van der Waals surface area (Å²) in [5.74, 6) is 1.28. The second-order valence-electron chi connectivity index (χ2n) is 6.76. The van der Waals surface area contributed by atoms with Crippen LogP contribution in [0.1, 0.15) is 61.8 Å². The zero-order valence-electron chi connectivity index (χ0n) is 14.4. The third-order valence-corrected chi connectivity index (χ3v) is 4.28. The molecule has 2 aromatic rings. The molecule has 0 aromatic heterocycles. The third-order valence-electron chi connectivity index (χ3n) is 4.28. The quantitative estimate of drug-likeness (QED) is 0.771. The van der Waals surface area contributed by atoms with E-state index >= 15 is 0 Å². The normalized spacial score (nSPS) is 11.5. The Morgan fingerprint density at radius 2 is 1.23 bits per heavy atom. The summed E-state index contributed by atoms with van der Waals surface area (Å²) in [6, 6.07) is 7.86. The minimum absolute atomic E-state index is 0.264. The van der Waals surface area contributed by atoms with Gasteiger partial charge in [-0.3, -0.25) is 0 Å². The predicted octanol–water partition coefficient (Wildman–Crippen LogP) is 5.63. The van der Waals surface area contributed by atoms with Crippen molar-refractivity contribution in [3.05, 3.63) is 46.5 Å². The molecule has 0 heterocycles.